The van der Waals surface area contributed by atoms with Crippen molar-refractivity contribution in [3.8, 4) is 0 Å². The van der Waals surface area contributed by atoms with Gasteiger partial charge in [0.15, 0.2) is 0 Å². The lowest BCUT2D eigenvalue weighted by atomic mass is 10.0. The van der Waals surface area contributed by atoms with Crippen LogP contribution in [0, 0.1) is 0 Å². The summed E-state index contributed by atoms with van der Waals surface area (Å²) < 4.78 is 10.6. The van der Waals surface area contributed by atoms with Crippen LogP contribution in [0.3, 0.4) is 0 Å². The number of rotatable bonds is 36. The van der Waals surface area contributed by atoms with Gasteiger partial charge in [0.2, 0.25) is 23.6 Å². The van der Waals surface area contributed by atoms with Crippen LogP contribution in [0.5, 0.6) is 0 Å². The quantitative estimate of drug-likeness (QED) is 0.0408. The van der Waals surface area contributed by atoms with Gasteiger partial charge in [-0.15, -0.1) is 0 Å². The molecule has 0 aromatic carbocycles. The van der Waals surface area contributed by atoms with Gasteiger partial charge in [0, 0.05) is 38.8 Å². The highest BCUT2D eigenvalue weighted by Gasteiger charge is 2.21. The highest BCUT2D eigenvalue weighted by Crippen LogP contribution is 2.13. The van der Waals surface area contributed by atoms with E-state index in [4.69, 9.17) is 19.7 Å². The molecule has 0 aliphatic heterocycles. The van der Waals surface area contributed by atoms with Gasteiger partial charge in [-0.2, -0.15) is 0 Å². The molecule has 288 valence electrons. The summed E-state index contributed by atoms with van der Waals surface area (Å²) in [4.78, 5) is 79.8. The molecule has 15 heteroatoms. The molecule has 4 amide bonds. The lowest BCUT2D eigenvalue weighted by Crippen LogP contribution is -2.48. The van der Waals surface area contributed by atoms with E-state index in [1.165, 1.54) is 51.4 Å². The second kappa shape index (κ2) is 33.9. The minimum absolute atomic E-state index is 0.0125. The molecular weight excluding hydrogens is 652 g/mol. The fourth-order valence-electron chi connectivity index (χ4n) is 5.02. The first-order valence-corrected chi connectivity index (χ1v) is 18.3. The van der Waals surface area contributed by atoms with Crippen LogP contribution >= 0.6 is 0 Å². The SMILES string of the molecule is O=CCNC(=O)[C@H](CCC(=O)O)NC(=O)COCCOCCNC(=O)CCCNC(=O)CCCCCCCCCCCCCCCCC(=O)O. The van der Waals surface area contributed by atoms with Gasteiger partial charge in [0.25, 0.3) is 0 Å². The van der Waals surface area contributed by atoms with Crippen molar-refractivity contribution < 1.29 is 53.2 Å². The Labute approximate surface area is 296 Å². The van der Waals surface area contributed by atoms with Crippen LogP contribution in [0.25, 0.3) is 0 Å². The first-order chi connectivity index (χ1) is 24.1. The number of carbonyl (C=O) groups excluding carboxylic acids is 5. The van der Waals surface area contributed by atoms with Crippen LogP contribution in [0.1, 0.15) is 128 Å². The number of unbranched alkanes of at least 4 members (excludes halogenated alkanes) is 13. The Morgan fingerprint density at radius 2 is 1.00 bits per heavy atom. The maximum absolute atomic E-state index is 12.0. The van der Waals surface area contributed by atoms with Crippen molar-refractivity contribution in [2.45, 2.75) is 134 Å². The molecule has 0 bridgehead atoms. The standard InChI is InChI=1S/C35H62N4O11/c40-24-22-38-35(48)29(19-20-34(46)47)39-32(43)28-50-27-26-49-25-23-37-31(42)17-15-21-36-30(41)16-13-11-9-7-5-3-1-2-4-6-8-10-12-14-18-33(44)45/h24,29H,1-23,25-28H2,(H,36,41)(H,37,42)(H,38,48)(H,39,43)(H,44,45)(H,46,47)/t29-/m0/s1. The number of carboxylic acids is 2. The highest BCUT2D eigenvalue weighted by molar-refractivity contribution is 5.89. The Balaban J connectivity index is 3.58. The fraction of sp³-hybridized carbons (Fsp3) is 0.800. The molecule has 0 rings (SSSR count). The lowest BCUT2D eigenvalue weighted by molar-refractivity contribution is -0.138. The van der Waals surface area contributed by atoms with E-state index in [0.717, 1.165) is 38.5 Å². The molecule has 0 fully saturated rings. The van der Waals surface area contributed by atoms with Crippen LogP contribution < -0.4 is 21.3 Å². The van der Waals surface area contributed by atoms with E-state index in [9.17, 15) is 33.6 Å². The molecule has 0 saturated carbocycles. The molecule has 0 unspecified atom stereocenters. The second-order valence-corrected chi connectivity index (χ2v) is 12.3. The van der Waals surface area contributed by atoms with Gasteiger partial charge < -0.3 is 45.7 Å². The molecule has 0 radical (unpaired) electrons. The summed E-state index contributed by atoms with van der Waals surface area (Å²) in [6, 6.07) is -1.11. The summed E-state index contributed by atoms with van der Waals surface area (Å²) in [5, 5.41) is 27.7. The predicted molar refractivity (Wildman–Crippen MR) is 186 cm³/mol. The summed E-state index contributed by atoms with van der Waals surface area (Å²) in [6.45, 7) is 0.614. The molecule has 0 saturated heterocycles. The number of nitrogens with one attached hydrogen (secondary N) is 4. The Bertz CT molecular complexity index is 965. The van der Waals surface area contributed by atoms with Crippen molar-refractivity contribution in [3.05, 3.63) is 0 Å². The van der Waals surface area contributed by atoms with Gasteiger partial charge in [-0.25, -0.2) is 0 Å². The van der Waals surface area contributed by atoms with Crippen LogP contribution in [0.2, 0.25) is 0 Å². The largest absolute Gasteiger partial charge is 0.481 e. The Morgan fingerprint density at radius 1 is 0.520 bits per heavy atom. The predicted octanol–water partition coefficient (Wildman–Crippen LogP) is 3.02. The normalized spacial score (nSPS) is 11.4. The lowest BCUT2D eigenvalue weighted by Gasteiger charge is -2.17. The molecule has 0 heterocycles. The Morgan fingerprint density at radius 3 is 1.54 bits per heavy atom. The number of hydrogen-bond acceptors (Lipinski definition) is 9. The van der Waals surface area contributed by atoms with Crippen molar-refractivity contribution in [1.82, 2.24) is 21.3 Å². The van der Waals surface area contributed by atoms with E-state index in [0.29, 0.717) is 32.2 Å². The number of amides is 4. The molecule has 0 aromatic heterocycles. The number of hydrogen-bond donors (Lipinski definition) is 6. The smallest absolute Gasteiger partial charge is 0.303 e. The number of ether oxygens (including phenoxy) is 2. The van der Waals surface area contributed by atoms with E-state index < -0.39 is 29.8 Å². The van der Waals surface area contributed by atoms with Crippen molar-refractivity contribution in [1.29, 1.82) is 0 Å². The first kappa shape index (κ1) is 46.4. The maximum atomic E-state index is 12.0. The molecule has 1 atom stereocenters. The molecule has 50 heavy (non-hydrogen) atoms. The van der Waals surface area contributed by atoms with Crippen LogP contribution in [-0.2, 0) is 43.0 Å². The third-order valence-electron chi connectivity index (χ3n) is 7.78. The van der Waals surface area contributed by atoms with E-state index in [1.54, 1.807) is 0 Å². The second-order valence-electron chi connectivity index (χ2n) is 12.3. The van der Waals surface area contributed by atoms with E-state index in [2.05, 4.69) is 21.3 Å². The van der Waals surface area contributed by atoms with Crippen molar-refractivity contribution in [3.63, 3.8) is 0 Å². The first-order valence-electron chi connectivity index (χ1n) is 18.3. The Kier molecular flexibility index (Phi) is 31.5. The van der Waals surface area contributed by atoms with Gasteiger partial charge in [-0.1, -0.05) is 77.0 Å². The van der Waals surface area contributed by atoms with Gasteiger partial charge in [0.05, 0.1) is 26.4 Å². The van der Waals surface area contributed by atoms with E-state index >= 15 is 0 Å². The topological polar surface area (TPSA) is 227 Å². The molecule has 6 N–H and O–H groups in total. The van der Waals surface area contributed by atoms with E-state index in [-0.39, 0.29) is 70.5 Å². The van der Waals surface area contributed by atoms with E-state index in [1.807, 2.05) is 0 Å². The fourth-order valence-corrected chi connectivity index (χ4v) is 5.02. The zero-order valence-corrected chi connectivity index (χ0v) is 29.8. The summed E-state index contributed by atoms with van der Waals surface area (Å²) in [5.74, 6) is -3.24. The summed E-state index contributed by atoms with van der Waals surface area (Å²) in [5.41, 5.74) is 0. The summed E-state index contributed by atoms with van der Waals surface area (Å²) >= 11 is 0. The molecular formula is C35H62N4O11. The Hall–Kier alpha value is -3.59. The molecule has 0 aromatic rings. The molecule has 15 nitrogen and oxygen atoms in total. The summed E-state index contributed by atoms with van der Waals surface area (Å²) in [6.07, 6.45) is 17.5. The van der Waals surface area contributed by atoms with Gasteiger partial charge in [-0.3, -0.25) is 28.8 Å². The maximum Gasteiger partial charge on any atom is 0.303 e. The van der Waals surface area contributed by atoms with Crippen molar-refractivity contribution in [2.24, 2.45) is 0 Å². The van der Waals surface area contributed by atoms with Crippen molar-refractivity contribution >= 4 is 41.9 Å². The minimum Gasteiger partial charge on any atom is -0.481 e. The molecule has 0 aliphatic rings. The minimum atomic E-state index is -1.13. The average Bonchev–Trinajstić information content (AvgIpc) is 3.08. The third kappa shape index (κ3) is 32.9. The monoisotopic (exact) mass is 714 g/mol. The van der Waals surface area contributed by atoms with Crippen LogP contribution in [0.4, 0.5) is 0 Å². The van der Waals surface area contributed by atoms with Gasteiger partial charge in [-0.05, 0) is 25.7 Å². The number of aldehydes is 1. The van der Waals surface area contributed by atoms with Crippen LogP contribution in [-0.4, -0.2) is 104 Å². The molecule has 0 spiro atoms. The zero-order chi connectivity index (χ0) is 37.1. The highest BCUT2D eigenvalue weighted by atomic mass is 16.5. The summed E-state index contributed by atoms with van der Waals surface area (Å²) in [7, 11) is 0. The number of carboxylic acid groups (broad SMARTS) is 2. The van der Waals surface area contributed by atoms with Crippen molar-refractivity contribution in [2.75, 3.05) is 46.1 Å². The van der Waals surface area contributed by atoms with Gasteiger partial charge >= 0.3 is 11.9 Å². The van der Waals surface area contributed by atoms with Crippen LogP contribution in [0.15, 0.2) is 0 Å². The zero-order valence-electron chi connectivity index (χ0n) is 29.8. The number of carbonyl (C=O) groups is 7. The number of aliphatic carboxylic acids is 2. The average molecular weight is 715 g/mol. The third-order valence-corrected chi connectivity index (χ3v) is 7.78. The molecule has 0 aliphatic carbocycles. The van der Waals surface area contributed by atoms with Gasteiger partial charge in [0.1, 0.15) is 18.9 Å².